The van der Waals surface area contributed by atoms with Crippen molar-refractivity contribution in [1.29, 1.82) is 0 Å². The van der Waals surface area contributed by atoms with Gasteiger partial charge in [-0.2, -0.15) is 4.31 Å². The van der Waals surface area contributed by atoms with Crippen molar-refractivity contribution in [2.24, 2.45) is 0 Å². The highest BCUT2D eigenvalue weighted by Crippen LogP contribution is 2.26. The van der Waals surface area contributed by atoms with Gasteiger partial charge in [0.25, 0.3) is 5.91 Å². The Morgan fingerprint density at radius 1 is 1.07 bits per heavy atom. The Labute approximate surface area is 175 Å². The van der Waals surface area contributed by atoms with Gasteiger partial charge in [0.15, 0.2) is 0 Å². The quantitative estimate of drug-likeness (QED) is 0.675. The molecule has 1 N–H and O–H groups in total. The lowest BCUT2D eigenvalue weighted by Crippen LogP contribution is -2.32. The maximum Gasteiger partial charge on any atom is 0.257 e. The molecule has 1 saturated heterocycles. The topological polar surface area (TPSA) is 66.5 Å². The third-order valence-electron chi connectivity index (χ3n) is 4.71. The molecular formula is C20H23ClN2O3S2. The van der Waals surface area contributed by atoms with Crippen LogP contribution in [0, 0.1) is 0 Å². The van der Waals surface area contributed by atoms with Crippen LogP contribution in [0.2, 0.25) is 5.02 Å². The molecule has 1 fully saturated rings. The van der Waals surface area contributed by atoms with E-state index in [0.29, 0.717) is 18.8 Å². The number of thioether (sulfide) groups is 1. The highest BCUT2D eigenvalue weighted by atomic mass is 35.5. The third kappa shape index (κ3) is 4.89. The summed E-state index contributed by atoms with van der Waals surface area (Å²) in [5.74, 6) is -0.434. The Balaban J connectivity index is 1.87. The van der Waals surface area contributed by atoms with Gasteiger partial charge in [0.05, 0.1) is 15.5 Å². The van der Waals surface area contributed by atoms with E-state index >= 15 is 0 Å². The SMILES string of the molecule is CSc1cccc(NC(=O)c2cc(S(=O)(=O)N3CCCCCC3)ccc2Cl)c1. The molecule has 150 valence electrons. The largest absolute Gasteiger partial charge is 0.322 e. The van der Waals surface area contributed by atoms with E-state index in [1.807, 2.05) is 24.5 Å². The summed E-state index contributed by atoms with van der Waals surface area (Å²) in [7, 11) is -3.65. The van der Waals surface area contributed by atoms with Crippen molar-refractivity contribution in [2.45, 2.75) is 35.5 Å². The lowest BCUT2D eigenvalue weighted by molar-refractivity contribution is 0.102. The minimum Gasteiger partial charge on any atom is -0.322 e. The van der Waals surface area contributed by atoms with Gasteiger partial charge in [-0.15, -0.1) is 11.8 Å². The average Bonchev–Trinajstić information content (AvgIpc) is 2.98. The van der Waals surface area contributed by atoms with Gasteiger partial charge in [0.2, 0.25) is 10.0 Å². The highest BCUT2D eigenvalue weighted by molar-refractivity contribution is 7.98. The molecule has 2 aromatic rings. The third-order valence-corrected chi connectivity index (χ3v) is 7.66. The predicted molar refractivity (Wildman–Crippen MR) is 115 cm³/mol. The number of amides is 1. The number of halogens is 1. The van der Waals surface area contributed by atoms with E-state index in [1.54, 1.807) is 17.8 Å². The molecule has 3 rings (SSSR count). The number of benzene rings is 2. The van der Waals surface area contributed by atoms with Crippen LogP contribution in [0.5, 0.6) is 0 Å². The first-order valence-electron chi connectivity index (χ1n) is 9.17. The van der Waals surface area contributed by atoms with E-state index in [1.165, 1.54) is 22.5 Å². The maximum absolute atomic E-state index is 13.0. The molecule has 0 unspecified atom stereocenters. The molecular weight excluding hydrogens is 416 g/mol. The second-order valence-corrected chi connectivity index (χ2v) is 9.87. The summed E-state index contributed by atoms with van der Waals surface area (Å²) in [5, 5.41) is 3.01. The van der Waals surface area contributed by atoms with E-state index in [4.69, 9.17) is 11.6 Å². The summed E-state index contributed by atoms with van der Waals surface area (Å²) in [4.78, 5) is 13.8. The first-order chi connectivity index (χ1) is 13.4. The highest BCUT2D eigenvalue weighted by Gasteiger charge is 2.26. The van der Waals surface area contributed by atoms with Gasteiger partial charge in [-0.1, -0.05) is 30.5 Å². The van der Waals surface area contributed by atoms with Gasteiger partial charge in [-0.25, -0.2) is 8.42 Å². The molecule has 0 saturated carbocycles. The van der Waals surface area contributed by atoms with E-state index in [0.717, 1.165) is 30.6 Å². The lowest BCUT2D eigenvalue weighted by Gasteiger charge is -2.20. The molecule has 2 aromatic carbocycles. The second kappa shape index (κ2) is 9.31. The molecule has 0 spiro atoms. The molecule has 8 heteroatoms. The molecule has 1 aliphatic heterocycles. The van der Waals surface area contributed by atoms with Crippen LogP contribution in [-0.2, 0) is 10.0 Å². The second-order valence-electron chi connectivity index (χ2n) is 6.65. The van der Waals surface area contributed by atoms with Crippen LogP contribution in [-0.4, -0.2) is 38.0 Å². The monoisotopic (exact) mass is 438 g/mol. The van der Waals surface area contributed by atoms with Crippen LogP contribution in [0.15, 0.2) is 52.3 Å². The average molecular weight is 439 g/mol. The zero-order valence-corrected chi connectivity index (χ0v) is 18.0. The smallest absolute Gasteiger partial charge is 0.257 e. The van der Waals surface area contributed by atoms with Gasteiger partial charge in [0, 0.05) is 23.7 Å². The minimum absolute atomic E-state index is 0.0989. The molecule has 1 heterocycles. The van der Waals surface area contributed by atoms with E-state index in [-0.39, 0.29) is 15.5 Å². The van der Waals surface area contributed by atoms with Gasteiger partial charge >= 0.3 is 0 Å². The van der Waals surface area contributed by atoms with Crippen molar-refractivity contribution in [3.05, 3.63) is 53.1 Å². The zero-order chi connectivity index (χ0) is 20.1. The van der Waals surface area contributed by atoms with E-state index in [9.17, 15) is 13.2 Å². The molecule has 0 atom stereocenters. The summed E-state index contributed by atoms with van der Waals surface area (Å²) in [6.07, 6.45) is 5.73. The summed E-state index contributed by atoms with van der Waals surface area (Å²) in [5.41, 5.74) is 0.779. The van der Waals surface area contributed by atoms with Gasteiger partial charge in [0.1, 0.15) is 0 Å². The fraction of sp³-hybridized carbons (Fsp3) is 0.350. The number of hydrogen-bond donors (Lipinski definition) is 1. The number of carbonyl (C=O) groups excluding carboxylic acids is 1. The van der Waals surface area contributed by atoms with E-state index in [2.05, 4.69) is 5.32 Å². The molecule has 28 heavy (non-hydrogen) atoms. The minimum atomic E-state index is -3.65. The van der Waals surface area contributed by atoms with Gasteiger partial charge in [-0.3, -0.25) is 4.79 Å². The zero-order valence-electron chi connectivity index (χ0n) is 15.7. The molecule has 0 aliphatic carbocycles. The number of anilines is 1. The summed E-state index contributed by atoms with van der Waals surface area (Å²) in [6, 6.07) is 11.7. The van der Waals surface area contributed by atoms with Crippen LogP contribution < -0.4 is 5.32 Å². The Morgan fingerprint density at radius 2 is 1.79 bits per heavy atom. The van der Waals surface area contributed by atoms with Crippen LogP contribution in [0.25, 0.3) is 0 Å². The first-order valence-corrected chi connectivity index (χ1v) is 12.2. The standard InChI is InChI=1S/C20H23ClN2O3S2/c1-27-16-8-6-7-15(13-16)22-20(24)18-14-17(9-10-19(18)21)28(25,26)23-11-4-2-3-5-12-23/h6-10,13-14H,2-5,11-12H2,1H3,(H,22,24). The van der Waals surface area contributed by atoms with Gasteiger partial charge < -0.3 is 5.32 Å². The normalized spacial score (nSPS) is 15.8. The van der Waals surface area contributed by atoms with Gasteiger partial charge in [-0.05, 0) is 55.5 Å². The Kier molecular flexibility index (Phi) is 7.04. The van der Waals surface area contributed by atoms with Crippen molar-refractivity contribution in [3.8, 4) is 0 Å². The predicted octanol–water partition coefficient (Wildman–Crippen LogP) is 4.88. The number of sulfonamides is 1. The molecule has 1 amide bonds. The number of nitrogens with one attached hydrogen (secondary N) is 1. The van der Waals surface area contributed by atoms with Crippen molar-refractivity contribution < 1.29 is 13.2 Å². The van der Waals surface area contributed by atoms with Crippen molar-refractivity contribution in [1.82, 2.24) is 4.31 Å². The fourth-order valence-electron chi connectivity index (χ4n) is 3.17. The molecule has 0 radical (unpaired) electrons. The fourth-order valence-corrected chi connectivity index (χ4v) is 5.38. The number of carbonyl (C=O) groups is 1. The van der Waals surface area contributed by atoms with Crippen LogP contribution in [0.1, 0.15) is 36.0 Å². The summed E-state index contributed by atoms with van der Waals surface area (Å²) < 4.78 is 27.5. The van der Waals surface area contributed by atoms with Crippen LogP contribution in [0.4, 0.5) is 5.69 Å². The Morgan fingerprint density at radius 3 is 2.46 bits per heavy atom. The molecule has 0 aromatic heterocycles. The van der Waals surface area contributed by atoms with Crippen LogP contribution in [0.3, 0.4) is 0 Å². The summed E-state index contributed by atoms with van der Waals surface area (Å²) in [6.45, 7) is 1.02. The number of hydrogen-bond acceptors (Lipinski definition) is 4. The maximum atomic E-state index is 13.0. The Hall–Kier alpha value is -1.54. The lowest BCUT2D eigenvalue weighted by atomic mass is 10.2. The molecule has 1 aliphatic rings. The van der Waals surface area contributed by atoms with Crippen molar-refractivity contribution in [2.75, 3.05) is 24.7 Å². The van der Waals surface area contributed by atoms with E-state index < -0.39 is 15.9 Å². The van der Waals surface area contributed by atoms with Crippen molar-refractivity contribution >= 4 is 45.0 Å². The Bertz CT molecular complexity index is 956. The number of rotatable bonds is 5. The van der Waals surface area contributed by atoms with Crippen molar-refractivity contribution in [3.63, 3.8) is 0 Å². The molecule has 5 nitrogen and oxygen atoms in total. The summed E-state index contributed by atoms with van der Waals surface area (Å²) >= 11 is 7.77. The first kappa shape index (κ1) is 21.2. The number of nitrogens with zero attached hydrogens (tertiary/aromatic N) is 1. The van der Waals surface area contributed by atoms with Crippen LogP contribution >= 0.6 is 23.4 Å². The molecule has 0 bridgehead atoms.